The normalized spacial score (nSPS) is 10.7. The summed E-state index contributed by atoms with van der Waals surface area (Å²) in [4.78, 5) is 1.21. The van der Waals surface area contributed by atoms with Crippen LogP contribution in [0.1, 0.15) is 5.56 Å². The minimum absolute atomic E-state index is 0. The number of hydrogen-bond donors (Lipinski definition) is 0. The van der Waals surface area contributed by atoms with E-state index in [4.69, 9.17) is 0 Å². The van der Waals surface area contributed by atoms with Crippen molar-refractivity contribution in [2.24, 2.45) is 0 Å². The molecule has 0 atom stereocenters. The molecule has 0 aliphatic carbocycles. The molecule has 0 unspecified atom stereocenters. The van der Waals surface area contributed by atoms with Crippen LogP contribution < -0.4 is 56.3 Å². The standard InChI is InChI=1S/C9H12BF3N.K/c1-8-3-5-9(6-4-8)14(2)7-10(11,12)13;/h3-6H,7H2,1-2H3;/q-1;+1. The van der Waals surface area contributed by atoms with Crippen LogP contribution in [0.25, 0.3) is 0 Å². The largest absolute Gasteiger partial charge is 1.00 e. The Morgan fingerprint density at radius 1 is 1.13 bits per heavy atom. The summed E-state index contributed by atoms with van der Waals surface area (Å²) in [5, 5.41) is 0. The van der Waals surface area contributed by atoms with Crippen molar-refractivity contribution >= 4 is 12.7 Å². The minimum Gasteiger partial charge on any atom is -0.448 e. The number of aryl methyl sites for hydroxylation is 1. The fraction of sp³-hybridized carbons (Fsp3) is 0.333. The second-order valence-electron chi connectivity index (χ2n) is 3.43. The number of anilines is 1. The van der Waals surface area contributed by atoms with Gasteiger partial charge in [0.05, 0.1) is 0 Å². The Bertz CT molecular complexity index is 299. The van der Waals surface area contributed by atoms with Gasteiger partial charge >= 0.3 is 58.4 Å². The monoisotopic (exact) mass is 241 g/mol. The number of halogens is 3. The maximum absolute atomic E-state index is 12.1. The van der Waals surface area contributed by atoms with Crippen LogP contribution in [-0.4, -0.2) is 20.5 Å². The molecule has 0 saturated carbocycles. The van der Waals surface area contributed by atoms with Gasteiger partial charge in [0, 0.05) is 12.7 Å². The van der Waals surface area contributed by atoms with E-state index in [1.54, 1.807) is 24.3 Å². The van der Waals surface area contributed by atoms with E-state index in [1.807, 2.05) is 6.92 Å². The molecule has 0 aromatic heterocycles. The fourth-order valence-electron chi connectivity index (χ4n) is 1.22. The number of rotatable bonds is 3. The summed E-state index contributed by atoms with van der Waals surface area (Å²) in [6, 6.07) is 6.98. The third kappa shape index (κ3) is 5.97. The molecular weight excluding hydrogens is 229 g/mol. The maximum Gasteiger partial charge on any atom is 1.00 e. The molecule has 0 aliphatic heterocycles. The zero-order chi connectivity index (χ0) is 10.8. The Labute approximate surface area is 131 Å². The van der Waals surface area contributed by atoms with Crippen molar-refractivity contribution in [3.05, 3.63) is 29.8 Å². The first-order valence-corrected chi connectivity index (χ1v) is 4.37. The predicted octanol–water partition coefficient (Wildman–Crippen LogP) is -0.178. The number of nitrogens with zero attached hydrogens (tertiary/aromatic N) is 1. The molecular formula is C9H12BF3KN. The molecule has 0 spiro atoms. The molecule has 78 valence electrons. The third-order valence-electron chi connectivity index (χ3n) is 1.96. The van der Waals surface area contributed by atoms with Gasteiger partial charge in [0.25, 0.3) is 0 Å². The zero-order valence-electron chi connectivity index (χ0n) is 9.17. The molecule has 1 rings (SSSR count). The van der Waals surface area contributed by atoms with Crippen LogP contribution >= 0.6 is 0 Å². The van der Waals surface area contributed by atoms with Gasteiger partial charge in [-0.25, -0.2) is 0 Å². The Balaban J connectivity index is 0.00000196. The molecule has 1 aromatic rings. The summed E-state index contributed by atoms with van der Waals surface area (Å²) in [7, 11) is 1.44. The summed E-state index contributed by atoms with van der Waals surface area (Å²) >= 11 is 0. The smallest absolute Gasteiger partial charge is 0.448 e. The summed E-state index contributed by atoms with van der Waals surface area (Å²) in [6.07, 6.45) is -0.858. The first-order chi connectivity index (χ1) is 6.38. The molecule has 0 amide bonds. The van der Waals surface area contributed by atoms with Gasteiger partial charge < -0.3 is 17.8 Å². The summed E-state index contributed by atoms with van der Waals surface area (Å²) in [6.45, 7) is -2.85. The average Bonchev–Trinajstić information content (AvgIpc) is 2.02. The van der Waals surface area contributed by atoms with Crippen molar-refractivity contribution in [1.29, 1.82) is 0 Å². The molecule has 0 radical (unpaired) electrons. The van der Waals surface area contributed by atoms with E-state index in [9.17, 15) is 12.9 Å². The van der Waals surface area contributed by atoms with Gasteiger partial charge in [-0.15, -0.1) is 0 Å². The van der Waals surface area contributed by atoms with Gasteiger partial charge in [-0.2, -0.15) is 0 Å². The van der Waals surface area contributed by atoms with Gasteiger partial charge in [-0.3, -0.25) is 0 Å². The van der Waals surface area contributed by atoms with E-state index in [1.165, 1.54) is 11.9 Å². The van der Waals surface area contributed by atoms with Crippen molar-refractivity contribution in [2.75, 3.05) is 18.4 Å². The van der Waals surface area contributed by atoms with Gasteiger partial charge in [0.1, 0.15) is 0 Å². The molecule has 0 heterocycles. The maximum atomic E-state index is 12.1. The molecule has 1 nitrogen and oxygen atoms in total. The first-order valence-electron chi connectivity index (χ1n) is 4.37. The topological polar surface area (TPSA) is 3.24 Å². The van der Waals surface area contributed by atoms with Crippen molar-refractivity contribution in [2.45, 2.75) is 6.92 Å². The van der Waals surface area contributed by atoms with Crippen molar-refractivity contribution in [3.8, 4) is 0 Å². The second-order valence-corrected chi connectivity index (χ2v) is 3.43. The molecule has 6 heteroatoms. The van der Waals surface area contributed by atoms with Gasteiger partial charge in [0.2, 0.25) is 0 Å². The van der Waals surface area contributed by atoms with Gasteiger partial charge in [-0.05, 0) is 25.5 Å². The second kappa shape index (κ2) is 6.30. The zero-order valence-corrected chi connectivity index (χ0v) is 12.3. The Kier molecular flexibility index (Phi) is 6.51. The quantitative estimate of drug-likeness (QED) is 0.664. The predicted molar refractivity (Wildman–Crippen MR) is 53.5 cm³/mol. The molecule has 1 aromatic carbocycles. The number of benzene rings is 1. The molecule has 0 saturated heterocycles. The van der Waals surface area contributed by atoms with E-state index in [0.29, 0.717) is 5.69 Å². The van der Waals surface area contributed by atoms with Crippen LogP contribution in [0, 0.1) is 6.92 Å². The minimum atomic E-state index is -4.76. The van der Waals surface area contributed by atoms with Crippen LogP contribution in [0.5, 0.6) is 0 Å². The Morgan fingerprint density at radius 2 is 1.60 bits per heavy atom. The fourth-order valence-corrected chi connectivity index (χ4v) is 1.22. The van der Waals surface area contributed by atoms with Crippen LogP contribution in [0.3, 0.4) is 0 Å². The van der Waals surface area contributed by atoms with Crippen LogP contribution in [0.15, 0.2) is 24.3 Å². The molecule has 0 aliphatic rings. The molecule has 0 fully saturated rings. The SMILES string of the molecule is Cc1ccc(N(C)C[B-](F)(F)F)cc1.[K+]. The Morgan fingerprint density at radius 3 is 2.00 bits per heavy atom. The van der Waals surface area contributed by atoms with Crippen molar-refractivity contribution < 1.29 is 64.3 Å². The van der Waals surface area contributed by atoms with E-state index in [0.717, 1.165) is 5.56 Å². The average molecular weight is 241 g/mol. The summed E-state index contributed by atoms with van der Waals surface area (Å²) < 4.78 is 36.3. The van der Waals surface area contributed by atoms with E-state index >= 15 is 0 Å². The van der Waals surface area contributed by atoms with E-state index in [2.05, 4.69) is 0 Å². The molecule has 15 heavy (non-hydrogen) atoms. The van der Waals surface area contributed by atoms with Crippen LogP contribution in [0.4, 0.5) is 18.6 Å². The van der Waals surface area contributed by atoms with Crippen molar-refractivity contribution in [3.63, 3.8) is 0 Å². The summed E-state index contributed by atoms with van der Waals surface area (Å²) in [5.41, 5.74) is 1.63. The Hall–Kier alpha value is 0.511. The molecule has 0 N–H and O–H groups in total. The first kappa shape index (κ1) is 15.5. The summed E-state index contributed by atoms with van der Waals surface area (Å²) in [5.74, 6) is 0. The van der Waals surface area contributed by atoms with E-state index in [-0.39, 0.29) is 51.4 Å². The van der Waals surface area contributed by atoms with Crippen LogP contribution in [0.2, 0.25) is 0 Å². The van der Waals surface area contributed by atoms with Crippen molar-refractivity contribution in [1.82, 2.24) is 0 Å². The third-order valence-corrected chi connectivity index (χ3v) is 1.96. The van der Waals surface area contributed by atoms with Gasteiger partial charge in [-0.1, -0.05) is 17.7 Å². The van der Waals surface area contributed by atoms with Gasteiger partial charge in [0.15, 0.2) is 0 Å². The van der Waals surface area contributed by atoms with Crippen LogP contribution in [-0.2, 0) is 0 Å². The number of hydrogen-bond acceptors (Lipinski definition) is 1. The molecule has 0 bridgehead atoms. The van der Waals surface area contributed by atoms with E-state index < -0.39 is 13.4 Å².